The van der Waals surface area contributed by atoms with Crippen LogP contribution in [-0.4, -0.2) is 18.2 Å². The minimum atomic E-state index is -0.434. The number of unbranched alkanes of at least 4 members (excludes halogenated alkanes) is 1. The van der Waals surface area contributed by atoms with Gasteiger partial charge in [0.2, 0.25) is 0 Å². The maximum Gasteiger partial charge on any atom is 0.122 e. The lowest BCUT2D eigenvalue weighted by Gasteiger charge is -2.25. The molecule has 110 valence electrons. The first kappa shape index (κ1) is 16.5. The second-order valence-electron chi connectivity index (χ2n) is 5.81. The maximum absolute atomic E-state index is 9.26. The van der Waals surface area contributed by atoms with Crippen molar-refractivity contribution in [3.8, 4) is 11.8 Å². The Morgan fingerprint density at radius 1 is 1.30 bits per heavy atom. The van der Waals surface area contributed by atoms with Crippen LogP contribution in [-0.2, 0) is 0 Å². The zero-order chi connectivity index (χ0) is 15.0. The predicted molar refractivity (Wildman–Crippen MR) is 82.8 cm³/mol. The van der Waals surface area contributed by atoms with E-state index in [2.05, 4.69) is 38.2 Å². The van der Waals surface area contributed by atoms with Crippen molar-refractivity contribution in [1.82, 2.24) is 5.32 Å². The third-order valence-corrected chi connectivity index (χ3v) is 3.28. The molecule has 1 atom stereocenters. The molecular formula is C17H26N2O. The van der Waals surface area contributed by atoms with Gasteiger partial charge >= 0.3 is 0 Å². The van der Waals surface area contributed by atoms with Crippen LogP contribution in [0.25, 0.3) is 0 Å². The molecule has 1 N–H and O–H groups in total. The van der Waals surface area contributed by atoms with Crippen LogP contribution in [0.15, 0.2) is 24.3 Å². The lowest BCUT2D eigenvalue weighted by atomic mass is 9.96. The van der Waals surface area contributed by atoms with Gasteiger partial charge in [0.05, 0.1) is 12.7 Å². The Morgan fingerprint density at radius 3 is 2.60 bits per heavy atom. The number of ether oxygens (including phenoxy) is 1. The highest BCUT2D eigenvalue weighted by Crippen LogP contribution is 2.18. The Kier molecular flexibility index (Phi) is 6.54. The van der Waals surface area contributed by atoms with Crippen molar-refractivity contribution in [1.29, 1.82) is 5.26 Å². The molecule has 1 aromatic rings. The van der Waals surface area contributed by atoms with Crippen molar-refractivity contribution in [2.75, 3.05) is 6.61 Å². The minimum absolute atomic E-state index is 0.322. The highest BCUT2D eigenvalue weighted by Gasteiger charge is 2.23. The average Bonchev–Trinajstić information content (AvgIpc) is 2.39. The fraction of sp³-hybridized carbons (Fsp3) is 0.588. The molecule has 0 bridgehead atoms. The number of aryl methyl sites for hydroxylation is 1. The molecule has 0 aromatic heterocycles. The van der Waals surface area contributed by atoms with Crippen LogP contribution in [0.5, 0.6) is 5.75 Å². The van der Waals surface area contributed by atoms with Gasteiger partial charge in [-0.05, 0) is 58.6 Å². The number of nitrogens with one attached hydrogen (secondary N) is 1. The van der Waals surface area contributed by atoms with Gasteiger partial charge < -0.3 is 4.74 Å². The second kappa shape index (κ2) is 7.91. The molecule has 0 aliphatic heterocycles. The number of para-hydroxylation sites is 1. The van der Waals surface area contributed by atoms with E-state index in [1.807, 2.05) is 25.1 Å². The van der Waals surface area contributed by atoms with E-state index >= 15 is 0 Å². The van der Waals surface area contributed by atoms with Crippen LogP contribution in [0.4, 0.5) is 0 Å². The van der Waals surface area contributed by atoms with Crippen LogP contribution in [0, 0.1) is 18.3 Å². The molecule has 1 aromatic carbocycles. The van der Waals surface area contributed by atoms with Gasteiger partial charge in [-0.2, -0.15) is 5.26 Å². The molecule has 0 aliphatic rings. The molecule has 0 radical (unpaired) electrons. The Balaban J connectivity index is 2.28. The molecule has 0 heterocycles. The lowest BCUT2D eigenvalue weighted by Crippen LogP contribution is -2.44. The number of nitriles is 1. The van der Waals surface area contributed by atoms with Crippen molar-refractivity contribution < 1.29 is 4.74 Å². The molecule has 0 saturated carbocycles. The molecule has 0 aliphatic carbocycles. The molecule has 0 fully saturated rings. The molecule has 20 heavy (non-hydrogen) atoms. The monoisotopic (exact) mass is 274 g/mol. The van der Waals surface area contributed by atoms with Crippen LogP contribution >= 0.6 is 0 Å². The Morgan fingerprint density at radius 2 is 2.00 bits per heavy atom. The van der Waals surface area contributed by atoms with Crippen LogP contribution in [0.3, 0.4) is 0 Å². The van der Waals surface area contributed by atoms with Crippen molar-refractivity contribution in [3.05, 3.63) is 29.8 Å². The molecule has 3 nitrogen and oxygen atoms in total. The molecule has 0 spiro atoms. The number of rotatable bonds is 8. The summed E-state index contributed by atoms with van der Waals surface area (Å²) in [6, 6.07) is 10.7. The number of nitrogens with zero attached hydrogens (tertiary/aromatic N) is 1. The smallest absolute Gasteiger partial charge is 0.122 e. The third kappa shape index (κ3) is 5.63. The van der Waals surface area contributed by atoms with Crippen LogP contribution < -0.4 is 10.1 Å². The van der Waals surface area contributed by atoms with Crippen molar-refractivity contribution in [2.45, 2.75) is 58.5 Å². The van der Waals surface area contributed by atoms with E-state index in [4.69, 9.17) is 4.74 Å². The largest absolute Gasteiger partial charge is 0.493 e. The van der Waals surface area contributed by atoms with Crippen molar-refractivity contribution >= 4 is 0 Å². The van der Waals surface area contributed by atoms with E-state index in [9.17, 15) is 5.26 Å². The highest BCUT2D eigenvalue weighted by atomic mass is 16.5. The lowest BCUT2D eigenvalue weighted by molar-refractivity contribution is 0.290. The first-order valence-electron chi connectivity index (χ1n) is 7.34. The topological polar surface area (TPSA) is 45.0 Å². The fourth-order valence-electron chi connectivity index (χ4n) is 2.28. The van der Waals surface area contributed by atoms with Crippen LogP contribution in [0.2, 0.25) is 0 Å². The van der Waals surface area contributed by atoms with Gasteiger partial charge in [0.15, 0.2) is 0 Å². The molecular weight excluding hydrogens is 248 g/mol. The van der Waals surface area contributed by atoms with Gasteiger partial charge in [0.25, 0.3) is 0 Å². The third-order valence-electron chi connectivity index (χ3n) is 3.28. The average molecular weight is 274 g/mol. The summed E-state index contributed by atoms with van der Waals surface area (Å²) in [5.74, 6) is 0.954. The van der Waals surface area contributed by atoms with E-state index in [0.29, 0.717) is 12.6 Å². The van der Waals surface area contributed by atoms with E-state index < -0.39 is 5.54 Å². The van der Waals surface area contributed by atoms with Gasteiger partial charge in [0, 0.05) is 6.04 Å². The Hall–Kier alpha value is -1.53. The summed E-state index contributed by atoms with van der Waals surface area (Å²) in [7, 11) is 0. The first-order chi connectivity index (χ1) is 9.47. The van der Waals surface area contributed by atoms with Gasteiger partial charge in [-0.25, -0.2) is 0 Å². The number of hydrogen-bond donors (Lipinski definition) is 1. The Bertz CT molecular complexity index is 451. The molecule has 1 rings (SSSR count). The summed E-state index contributed by atoms with van der Waals surface area (Å²) in [6.45, 7) is 8.85. The summed E-state index contributed by atoms with van der Waals surface area (Å²) in [4.78, 5) is 0. The second-order valence-corrected chi connectivity index (χ2v) is 5.81. The van der Waals surface area contributed by atoms with E-state index in [-0.39, 0.29) is 0 Å². The van der Waals surface area contributed by atoms with E-state index in [1.165, 1.54) is 0 Å². The zero-order valence-electron chi connectivity index (χ0n) is 13.1. The summed E-state index contributed by atoms with van der Waals surface area (Å²) >= 11 is 0. The van der Waals surface area contributed by atoms with Gasteiger partial charge in [-0.15, -0.1) is 0 Å². The summed E-state index contributed by atoms with van der Waals surface area (Å²) in [6.07, 6.45) is 2.79. The molecule has 0 saturated heterocycles. The van der Waals surface area contributed by atoms with Gasteiger partial charge in [-0.1, -0.05) is 18.2 Å². The van der Waals surface area contributed by atoms with Crippen LogP contribution in [0.1, 0.15) is 45.6 Å². The molecule has 1 unspecified atom stereocenters. The van der Waals surface area contributed by atoms with Crippen molar-refractivity contribution in [2.24, 2.45) is 0 Å². The van der Waals surface area contributed by atoms with E-state index in [0.717, 1.165) is 30.6 Å². The quantitative estimate of drug-likeness (QED) is 0.733. The van der Waals surface area contributed by atoms with Crippen molar-refractivity contribution in [3.63, 3.8) is 0 Å². The number of benzene rings is 1. The maximum atomic E-state index is 9.26. The van der Waals surface area contributed by atoms with E-state index in [1.54, 1.807) is 0 Å². The summed E-state index contributed by atoms with van der Waals surface area (Å²) in [5.41, 5.74) is 0.729. The fourth-order valence-corrected chi connectivity index (χ4v) is 2.28. The first-order valence-corrected chi connectivity index (χ1v) is 7.34. The summed E-state index contributed by atoms with van der Waals surface area (Å²) in [5, 5.41) is 12.6. The standard InChI is InChI=1S/C17H26N2O/c1-14(2)19-17(4,13-18)11-7-8-12-20-16-10-6-5-9-15(16)3/h5-6,9-10,14,19H,7-8,11-12H2,1-4H3. The number of hydrogen-bond acceptors (Lipinski definition) is 3. The normalized spacial score (nSPS) is 13.8. The SMILES string of the molecule is Cc1ccccc1OCCCCC(C)(C#N)NC(C)C. The molecule has 3 heteroatoms. The minimum Gasteiger partial charge on any atom is -0.493 e. The van der Waals surface area contributed by atoms with Gasteiger partial charge in [-0.3, -0.25) is 5.32 Å². The highest BCUT2D eigenvalue weighted by molar-refractivity contribution is 5.31. The summed E-state index contributed by atoms with van der Waals surface area (Å²) < 4.78 is 5.76. The zero-order valence-corrected chi connectivity index (χ0v) is 13.1. The Labute approximate surface area is 123 Å². The van der Waals surface area contributed by atoms with Gasteiger partial charge in [0.1, 0.15) is 11.3 Å². The predicted octanol–water partition coefficient (Wildman–Crippen LogP) is 3.82. The molecule has 0 amide bonds.